The van der Waals surface area contributed by atoms with E-state index >= 15 is 0 Å². The van der Waals surface area contributed by atoms with Crippen LogP contribution in [0.1, 0.15) is 29.2 Å². The Bertz CT molecular complexity index is 950. The van der Waals surface area contributed by atoms with Gasteiger partial charge in [-0.15, -0.1) is 0 Å². The lowest BCUT2D eigenvalue weighted by molar-refractivity contribution is -0.137. The van der Waals surface area contributed by atoms with Crippen molar-refractivity contribution in [3.63, 3.8) is 0 Å². The molecule has 0 saturated carbocycles. The van der Waals surface area contributed by atoms with Crippen LogP contribution in [0.4, 0.5) is 13.2 Å². The lowest BCUT2D eigenvalue weighted by atomic mass is 9.99. The molecular formula is C21H20F3NO5. The van der Waals surface area contributed by atoms with Gasteiger partial charge in [-0.05, 0) is 41.9 Å². The minimum Gasteiger partial charge on any atom is -0.500 e. The van der Waals surface area contributed by atoms with Gasteiger partial charge in [0, 0.05) is 11.1 Å². The summed E-state index contributed by atoms with van der Waals surface area (Å²) in [6, 6.07) is 10.9. The second-order valence-electron chi connectivity index (χ2n) is 6.05. The number of oxime groups is 1. The summed E-state index contributed by atoms with van der Waals surface area (Å²) in [5.74, 6) is -0.961. The molecule has 2 rings (SSSR count). The van der Waals surface area contributed by atoms with Gasteiger partial charge in [-0.3, -0.25) is 0 Å². The smallest absolute Gasteiger partial charge is 0.416 e. The highest BCUT2D eigenvalue weighted by Gasteiger charge is 2.30. The summed E-state index contributed by atoms with van der Waals surface area (Å²) in [5, 5.41) is 13.4. The van der Waals surface area contributed by atoms with Gasteiger partial charge in [-0.1, -0.05) is 24.3 Å². The SMILES string of the molecule is CO/C(=N\OCc1ccccc1/C(C(=O)O)=C(/C)OC)c1ccc(C(F)(F)F)cc1. The summed E-state index contributed by atoms with van der Waals surface area (Å²) in [4.78, 5) is 17.0. The second-order valence-corrected chi connectivity index (χ2v) is 6.05. The fourth-order valence-electron chi connectivity index (χ4n) is 2.62. The minimum absolute atomic E-state index is 0.0182. The zero-order valence-corrected chi connectivity index (χ0v) is 16.5. The number of hydrogen-bond acceptors (Lipinski definition) is 5. The molecule has 1 N–H and O–H groups in total. The quantitative estimate of drug-likeness (QED) is 0.230. The van der Waals surface area contributed by atoms with E-state index in [1.54, 1.807) is 24.3 Å². The van der Waals surface area contributed by atoms with E-state index in [1.807, 2.05) is 0 Å². The Morgan fingerprint density at radius 2 is 1.67 bits per heavy atom. The van der Waals surface area contributed by atoms with Gasteiger partial charge < -0.3 is 19.4 Å². The number of rotatable bonds is 7. The van der Waals surface area contributed by atoms with E-state index in [1.165, 1.54) is 33.3 Å². The van der Waals surface area contributed by atoms with Gasteiger partial charge in [0.05, 0.1) is 19.8 Å². The molecule has 2 aromatic carbocycles. The first-order valence-corrected chi connectivity index (χ1v) is 8.67. The van der Waals surface area contributed by atoms with Crippen molar-refractivity contribution in [1.82, 2.24) is 0 Å². The molecule has 9 heteroatoms. The lowest BCUT2D eigenvalue weighted by Crippen LogP contribution is -2.09. The van der Waals surface area contributed by atoms with Gasteiger partial charge in [0.25, 0.3) is 5.90 Å². The minimum atomic E-state index is -4.45. The van der Waals surface area contributed by atoms with Crippen molar-refractivity contribution in [3.05, 3.63) is 76.5 Å². The van der Waals surface area contributed by atoms with Crippen LogP contribution in [0.5, 0.6) is 0 Å². The fraction of sp³-hybridized carbons (Fsp3) is 0.238. The van der Waals surface area contributed by atoms with E-state index in [2.05, 4.69) is 5.16 Å². The van der Waals surface area contributed by atoms with E-state index in [4.69, 9.17) is 14.3 Å². The Morgan fingerprint density at radius 1 is 1.03 bits per heavy atom. The first-order chi connectivity index (χ1) is 14.2. The van der Waals surface area contributed by atoms with Crippen LogP contribution in [0.25, 0.3) is 5.57 Å². The molecule has 0 radical (unpaired) electrons. The molecule has 6 nitrogen and oxygen atoms in total. The van der Waals surface area contributed by atoms with Gasteiger partial charge in [0.1, 0.15) is 17.9 Å². The van der Waals surface area contributed by atoms with Crippen molar-refractivity contribution >= 4 is 17.4 Å². The molecule has 0 aliphatic carbocycles. The van der Waals surface area contributed by atoms with Crippen LogP contribution in [0.15, 0.2) is 59.4 Å². The Labute approximate surface area is 171 Å². The lowest BCUT2D eigenvalue weighted by Gasteiger charge is -2.12. The van der Waals surface area contributed by atoms with Crippen LogP contribution in [-0.2, 0) is 31.9 Å². The van der Waals surface area contributed by atoms with Crippen LogP contribution >= 0.6 is 0 Å². The second kappa shape index (κ2) is 9.82. The zero-order valence-electron chi connectivity index (χ0n) is 16.5. The molecule has 0 amide bonds. The molecular weight excluding hydrogens is 403 g/mol. The molecule has 0 saturated heterocycles. The number of carboxylic acid groups (broad SMARTS) is 1. The average molecular weight is 423 g/mol. The van der Waals surface area contributed by atoms with E-state index in [9.17, 15) is 23.1 Å². The highest BCUT2D eigenvalue weighted by atomic mass is 19.4. The molecule has 30 heavy (non-hydrogen) atoms. The van der Waals surface area contributed by atoms with Crippen molar-refractivity contribution in [2.75, 3.05) is 14.2 Å². The number of halogens is 3. The molecule has 0 atom stereocenters. The first-order valence-electron chi connectivity index (χ1n) is 8.67. The standard InChI is InChI=1S/C21H20F3NO5/c1-13(28-2)18(20(26)27)17-7-5-4-6-15(17)12-30-25-19(29-3)14-8-10-16(11-9-14)21(22,23)24/h4-11H,12H2,1-3H3,(H,26,27)/b18-13+,25-19-. The number of nitrogens with zero attached hydrogens (tertiary/aromatic N) is 1. The predicted molar refractivity (Wildman–Crippen MR) is 103 cm³/mol. The Hall–Kier alpha value is -3.49. The third-order valence-corrected chi connectivity index (χ3v) is 4.18. The van der Waals surface area contributed by atoms with E-state index in [-0.39, 0.29) is 23.8 Å². The average Bonchev–Trinajstić information content (AvgIpc) is 2.71. The van der Waals surface area contributed by atoms with Crippen molar-refractivity contribution < 1.29 is 37.4 Å². The third-order valence-electron chi connectivity index (χ3n) is 4.18. The molecule has 0 spiro atoms. The molecule has 0 unspecified atom stereocenters. The van der Waals surface area contributed by atoms with Crippen molar-refractivity contribution in [1.29, 1.82) is 0 Å². The number of allylic oxidation sites excluding steroid dienone is 1. The Balaban J connectivity index is 2.25. The molecule has 2 aromatic rings. The van der Waals surface area contributed by atoms with Crippen molar-refractivity contribution in [3.8, 4) is 0 Å². The number of methoxy groups -OCH3 is 2. The van der Waals surface area contributed by atoms with Crippen LogP contribution < -0.4 is 0 Å². The largest absolute Gasteiger partial charge is 0.500 e. The van der Waals surface area contributed by atoms with Crippen molar-refractivity contribution in [2.45, 2.75) is 19.7 Å². The number of ether oxygens (including phenoxy) is 2. The highest BCUT2D eigenvalue weighted by Crippen LogP contribution is 2.29. The van der Waals surface area contributed by atoms with Gasteiger partial charge in [0.15, 0.2) is 0 Å². The first kappa shape index (κ1) is 22.8. The van der Waals surface area contributed by atoms with E-state index in [0.29, 0.717) is 16.7 Å². The summed E-state index contributed by atoms with van der Waals surface area (Å²) < 4.78 is 48.2. The number of carboxylic acids is 1. The van der Waals surface area contributed by atoms with Crippen LogP contribution in [0.3, 0.4) is 0 Å². The van der Waals surface area contributed by atoms with Crippen LogP contribution in [0, 0.1) is 0 Å². The van der Waals surface area contributed by atoms with Gasteiger partial charge in [-0.25, -0.2) is 4.79 Å². The summed E-state index contributed by atoms with van der Waals surface area (Å²) in [5.41, 5.74) is 0.402. The normalized spacial score (nSPS) is 12.8. The molecule has 160 valence electrons. The van der Waals surface area contributed by atoms with E-state index in [0.717, 1.165) is 12.1 Å². The summed E-state index contributed by atoms with van der Waals surface area (Å²) in [7, 11) is 2.68. The van der Waals surface area contributed by atoms with Crippen LogP contribution in [0.2, 0.25) is 0 Å². The Morgan fingerprint density at radius 3 is 2.20 bits per heavy atom. The monoisotopic (exact) mass is 423 g/mol. The van der Waals surface area contributed by atoms with Gasteiger partial charge >= 0.3 is 12.1 Å². The van der Waals surface area contributed by atoms with Gasteiger partial charge in [0.2, 0.25) is 0 Å². The summed E-state index contributed by atoms with van der Waals surface area (Å²) in [6.45, 7) is 1.43. The zero-order chi connectivity index (χ0) is 22.3. The summed E-state index contributed by atoms with van der Waals surface area (Å²) >= 11 is 0. The predicted octanol–water partition coefficient (Wildman–Crippen LogP) is 4.69. The van der Waals surface area contributed by atoms with Crippen molar-refractivity contribution in [2.24, 2.45) is 5.16 Å². The third kappa shape index (κ3) is 5.53. The number of alkyl halides is 3. The fourth-order valence-corrected chi connectivity index (χ4v) is 2.62. The number of aliphatic carboxylic acids is 1. The highest BCUT2D eigenvalue weighted by molar-refractivity contribution is 6.16. The maximum atomic E-state index is 12.7. The van der Waals surface area contributed by atoms with Crippen LogP contribution in [-0.4, -0.2) is 31.2 Å². The van der Waals surface area contributed by atoms with E-state index < -0.39 is 17.7 Å². The Kier molecular flexibility index (Phi) is 7.46. The number of carbonyl (C=O) groups is 1. The maximum Gasteiger partial charge on any atom is 0.416 e. The molecule has 0 bridgehead atoms. The summed E-state index contributed by atoms with van der Waals surface area (Å²) in [6.07, 6.45) is -4.45. The molecule has 0 aromatic heterocycles. The molecule has 0 aliphatic heterocycles. The number of hydrogen-bond donors (Lipinski definition) is 1. The molecule has 0 heterocycles. The topological polar surface area (TPSA) is 77.4 Å². The molecule has 0 fully saturated rings. The van der Waals surface area contributed by atoms with Gasteiger partial charge in [-0.2, -0.15) is 13.2 Å². The number of benzene rings is 2. The molecule has 0 aliphatic rings. The maximum absolute atomic E-state index is 12.7.